The molecule has 0 aliphatic rings. The van der Waals surface area contributed by atoms with Crippen LogP contribution in [0.2, 0.25) is 5.02 Å². The van der Waals surface area contributed by atoms with E-state index >= 15 is 0 Å². The van der Waals surface area contributed by atoms with Gasteiger partial charge >= 0.3 is 0 Å². The van der Waals surface area contributed by atoms with Gasteiger partial charge in [-0.05, 0) is 30.2 Å². The standard InChI is InChI=1S/C15H15BrClN/c1-11(13-7-3-5-9-15(13)17)18-10-12-6-2-4-8-14(12)16/h2-9,11,18H,10H2,1H3/t11-/m1/s1. The van der Waals surface area contributed by atoms with Crippen molar-refractivity contribution in [3.05, 3.63) is 69.2 Å². The van der Waals surface area contributed by atoms with Crippen LogP contribution in [0.4, 0.5) is 0 Å². The van der Waals surface area contributed by atoms with E-state index in [1.807, 2.05) is 30.3 Å². The molecule has 2 aromatic rings. The SMILES string of the molecule is C[C@@H](NCc1ccccc1Br)c1ccccc1Cl. The van der Waals surface area contributed by atoms with Crippen LogP contribution in [0, 0.1) is 0 Å². The molecule has 18 heavy (non-hydrogen) atoms. The van der Waals surface area contributed by atoms with Gasteiger partial charge in [-0.25, -0.2) is 0 Å². The Balaban J connectivity index is 2.03. The van der Waals surface area contributed by atoms with Gasteiger partial charge in [-0.3, -0.25) is 0 Å². The maximum absolute atomic E-state index is 6.18. The molecule has 0 saturated carbocycles. The smallest absolute Gasteiger partial charge is 0.0453 e. The lowest BCUT2D eigenvalue weighted by atomic mass is 10.1. The third-order valence-corrected chi connectivity index (χ3v) is 4.05. The summed E-state index contributed by atoms with van der Waals surface area (Å²) in [6.07, 6.45) is 0. The highest BCUT2D eigenvalue weighted by molar-refractivity contribution is 9.10. The van der Waals surface area contributed by atoms with Crippen molar-refractivity contribution in [2.45, 2.75) is 19.5 Å². The van der Waals surface area contributed by atoms with E-state index in [1.54, 1.807) is 0 Å². The second-order valence-corrected chi connectivity index (χ2v) is 5.48. The molecular weight excluding hydrogens is 310 g/mol. The van der Waals surface area contributed by atoms with Crippen molar-refractivity contribution in [2.24, 2.45) is 0 Å². The summed E-state index contributed by atoms with van der Waals surface area (Å²) in [4.78, 5) is 0. The Bertz CT molecular complexity index is 527. The Morgan fingerprint density at radius 3 is 2.50 bits per heavy atom. The van der Waals surface area contributed by atoms with Gasteiger partial charge in [0.15, 0.2) is 0 Å². The molecule has 0 aromatic heterocycles. The third kappa shape index (κ3) is 3.35. The minimum absolute atomic E-state index is 0.228. The van der Waals surface area contributed by atoms with Gasteiger partial charge in [-0.15, -0.1) is 0 Å². The third-order valence-electron chi connectivity index (χ3n) is 2.93. The Morgan fingerprint density at radius 1 is 1.11 bits per heavy atom. The van der Waals surface area contributed by atoms with Gasteiger partial charge in [0, 0.05) is 22.1 Å². The highest BCUT2D eigenvalue weighted by Crippen LogP contribution is 2.23. The second-order valence-electron chi connectivity index (χ2n) is 4.22. The topological polar surface area (TPSA) is 12.0 Å². The van der Waals surface area contributed by atoms with E-state index in [2.05, 4.69) is 46.4 Å². The summed E-state index contributed by atoms with van der Waals surface area (Å²) in [7, 11) is 0. The lowest BCUT2D eigenvalue weighted by Crippen LogP contribution is -2.18. The van der Waals surface area contributed by atoms with Gasteiger partial charge in [-0.1, -0.05) is 63.9 Å². The van der Waals surface area contributed by atoms with Gasteiger partial charge in [0.25, 0.3) is 0 Å². The molecule has 1 nitrogen and oxygen atoms in total. The van der Waals surface area contributed by atoms with Crippen LogP contribution in [0.3, 0.4) is 0 Å². The van der Waals surface area contributed by atoms with Crippen LogP contribution in [-0.4, -0.2) is 0 Å². The molecule has 3 heteroatoms. The number of halogens is 2. The van der Waals surface area contributed by atoms with Crippen molar-refractivity contribution in [1.29, 1.82) is 0 Å². The molecule has 0 heterocycles. The number of hydrogen-bond donors (Lipinski definition) is 1. The average Bonchev–Trinajstić information content (AvgIpc) is 2.38. The van der Waals surface area contributed by atoms with Crippen molar-refractivity contribution in [2.75, 3.05) is 0 Å². The monoisotopic (exact) mass is 323 g/mol. The molecule has 0 fully saturated rings. The molecule has 0 aliphatic carbocycles. The van der Waals surface area contributed by atoms with Crippen LogP contribution in [0.5, 0.6) is 0 Å². The zero-order chi connectivity index (χ0) is 13.0. The van der Waals surface area contributed by atoms with Crippen molar-refractivity contribution in [3.8, 4) is 0 Å². The Hall–Kier alpha value is -0.830. The summed E-state index contributed by atoms with van der Waals surface area (Å²) in [5.41, 5.74) is 2.38. The van der Waals surface area contributed by atoms with Gasteiger partial charge in [0.05, 0.1) is 0 Å². The van der Waals surface area contributed by atoms with Crippen LogP contribution in [0.15, 0.2) is 53.0 Å². The predicted molar refractivity (Wildman–Crippen MR) is 80.8 cm³/mol. The zero-order valence-corrected chi connectivity index (χ0v) is 12.5. The fraction of sp³-hybridized carbons (Fsp3) is 0.200. The summed E-state index contributed by atoms with van der Waals surface area (Å²) in [6, 6.07) is 16.4. The quantitative estimate of drug-likeness (QED) is 0.838. The molecule has 0 radical (unpaired) electrons. The maximum Gasteiger partial charge on any atom is 0.0453 e. The molecule has 2 aromatic carbocycles. The number of benzene rings is 2. The first-order valence-corrected chi connectivity index (χ1v) is 7.07. The van der Waals surface area contributed by atoms with Gasteiger partial charge in [0.2, 0.25) is 0 Å². The van der Waals surface area contributed by atoms with E-state index in [4.69, 9.17) is 11.6 Å². The minimum Gasteiger partial charge on any atom is -0.306 e. The molecule has 1 atom stereocenters. The van der Waals surface area contributed by atoms with Crippen molar-refractivity contribution in [1.82, 2.24) is 5.32 Å². The molecule has 0 spiro atoms. The van der Waals surface area contributed by atoms with E-state index in [0.717, 1.165) is 21.6 Å². The molecule has 2 rings (SSSR count). The Kier molecular flexibility index (Phi) is 4.81. The predicted octanol–water partition coefficient (Wildman–Crippen LogP) is 4.95. The summed E-state index contributed by atoms with van der Waals surface area (Å²) < 4.78 is 1.13. The van der Waals surface area contributed by atoms with Crippen LogP contribution in [-0.2, 0) is 6.54 Å². The van der Waals surface area contributed by atoms with Crippen LogP contribution in [0.25, 0.3) is 0 Å². The molecule has 94 valence electrons. The molecule has 1 N–H and O–H groups in total. The van der Waals surface area contributed by atoms with Crippen LogP contribution < -0.4 is 5.32 Å². The molecule has 0 unspecified atom stereocenters. The largest absolute Gasteiger partial charge is 0.306 e. The Morgan fingerprint density at radius 2 is 1.78 bits per heavy atom. The number of nitrogens with one attached hydrogen (secondary N) is 1. The first-order chi connectivity index (χ1) is 8.68. The van der Waals surface area contributed by atoms with Gasteiger partial charge in [-0.2, -0.15) is 0 Å². The lowest BCUT2D eigenvalue weighted by molar-refractivity contribution is 0.574. The normalized spacial score (nSPS) is 12.4. The average molecular weight is 325 g/mol. The molecular formula is C15H15BrClN. The highest BCUT2D eigenvalue weighted by atomic mass is 79.9. The summed E-state index contributed by atoms with van der Waals surface area (Å²) >= 11 is 9.73. The minimum atomic E-state index is 0.228. The van der Waals surface area contributed by atoms with E-state index in [0.29, 0.717) is 0 Å². The molecule has 0 bridgehead atoms. The first-order valence-electron chi connectivity index (χ1n) is 5.89. The van der Waals surface area contributed by atoms with Gasteiger partial charge < -0.3 is 5.32 Å². The number of hydrogen-bond acceptors (Lipinski definition) is 1. The van der Waals surface area contributed by atoms with E-state index in [1.165, 1.54) is 5.56 Å². The number of rotatable bonds is 4. The van der Waals surface area contributed by atoms with Crippen molar-refractivity contribution >= 4 is 27.5 Å². The lowest BCUT2D eigenvalue weighted by Gasteiger charge is -2.16. The van der Waals surface area contributed by atoms with E-state index < -0.39 is 0 Å². The van der Waals surface area contributed by atoms with E-state index in [-0.39, 0.29) is 6.04 Å². The van der Waals surface area contributed by atoms with Crippen LogP contribution in [0.1, 0.15) is 24.1 Å². The fourth-order valence-corrected chi connectivity index (χ4v) is 2.57. The van der Waals surface area contributed by atoms with Crippen LogP contribution >= 0.6 is 27.5 Å². The molecule has 0 amide bonds. The second kappa shape index (κ2) is 6.37. The van der Waals surface area contributed by atoms with Crippen molar-refractivity contribution < 1.29 is 0 Å². The molecule has 0 aliphatic heterocycles. The fourth-order valence-electron chi connectivity index (χ4n) is 1.84. The summed E-state index contributed by atoms with van der Waals surface area (Å²) in [5, 5.41) is 4.29. The van der Waals surface area contributed by atoms with Crippen molar-refractivity contribution in [3.63, 3.8) is 0 Å². The maximum atomic E-state index is 6.18. The molecule has 0 saturated heterocycles. The summed E-state index contributed by atoms with van der Waals surface area (Å²) in [6.45, 7) is 2.94. The Labute approximate surface area is 121 Å². The van der Waals surface area contributed by atoms with E-state index in [9.17, 15) is 0 Å². The highest BCUT2D eigenvalue weighted by Gasteiger charge is 2.08. The van der Waals surface area contributed by atoms with Gasteiger partial charge in [0.1, 0.15) is 0 Å². The zero-order valence-electron chi connectivity index (χ0n) is 10.2. The first kappa shape index (κ1) is 13.6. The summed E-state index contributed by atoms with van der Waals surface area (Å²) in [5.74, 6) is 0.